The lowest BCUT2D eigenvalue weighted by molar-refractivity contribution is -0.0573. The van der Waals surface area contributed by atoms with Gasteiger partial charge in [-0.1, -0.05) is 52.2 Å². The van der Waals surface area contributed by atoms with Gasteiger partial charge in [0, 0.05) is 6.61 Å². The van der Waals surface area contributed by atoms with Crippen molar-refractivity contribution in [3.8, 4) is 0 Å². The van der Waals surface area contributed by atoms with Gasteiger partial charge in [-0.15, -0.1) is 0 Å². The highest BCUT2D eigenvalue weighted by Crippen LogP contribution is 2.67. The Morgan fingerprint density at radius 2 is 1.83 bits per heavy atom. The van der Waals surface area contributed by atoms with Crippen molar-refractivity contribution < 1.29 is 10.2 Å². The van der Waals surface area contributed by atoms with E-state index < -0.39 is 0 Å². The molecule has 3 saturated carbocycles. The molecular weight excluding hydrogens is 356 g/mol. The quantitative estimate of drug-likeness (QED) is 0.507. The maximum Gasteiger partial charge on any atom is 0.0577 e. The molecule has 4 aliphatic carbocycles. The lowest BCUT2D eigenvalue weighted by Gasteiger charge is -2.58. The zero-order valence-corrected chi connectivity index (χ0v) is 19.5. The van der Waals surface area contributed by atoms with Crippen molar-refractivity contribution >= 4 is 0 Å². The van der Waals surface area contributed by atoms with Gasteiger partial charge in [-0.3, -0.25) is 0 Å². The molecule has 0 aliphatic heterocycles. The molecule has 0 aromatic carbocycles. The Labute approximate surface area is 179 Å². The van der Waals surface area contributed by atoms with Crippen LogP contribution in [0.5, 0.6) is 0 Å². The van der Waals surface area contributed by atoms with Gasteiger partial charge >= 0.3 is 0 Å². The Bertz CT molecular complexity index is 612. The smallest absolute Gasteiger partial charge is 0.0577 e. The minimum Gasteiger partial charge on any atom is -0.396 e. The Kier molecular flexibility index (Phi) is 6.26. The topological polar surface area (TPSA) is 40.5 Å². The van der Waals surface area contributed by atoms with Crippen molar-refractivity contribution in [3.63, 3.8) is 0 Å². The van der Waals surface area contributed by atoms with Gasteiger partial charge in [0.25, 0.3) is 0 Å². The molecule has 0 spiro atoms. The van der Waals surface area contributed by atoms with E-state index in [2.05, 4.69) is 33.8 Å². The number of fused-ring (bicyclic) bond motifs is 5. The van der Waals surface area contributed by atoms with Crippen LogP contribution in [0.15, 0.2) is 11.6 Å². The van der Waals surface area contributed by atoms with E-state index in [9.17, 15) is 10.2 Å². The highest BCUT2D eigenvalue weighted by molar-refractivity contribution is 5.25. The molecule has 4 rings (SSSR count). The molecule has 0 heterocycles. The largest absolute Gasteiger partial charge is 0.396 e. The van der Waals surface area contributed by atoms with Gasteiger partial charge in [-0.25, -0.2) is 0 Å². The van der Waals surface area contributed by atoms with Gasteiger partial charge in [-0.05, 0) is 104 Å². The number of hydrogen-bond donors (Lipinski definition) is 2. The zero-order valence-electron chi connectivity index (χ0n) is 19.5. The molecule has 4 unspecified atom stereocenters. The van der Waals surface area contributed by atoms with Gasteiger partial charge in [0.05, 0.1) is 6.10 Å². The van der Waals surface area contributed by atoms with Crippen molar-refractivity contribution in [1.29, 1.82) is 0 Å². The fourth-order valence-electron chi connectivity index (χ4n) is 8.70. The molecule has 0 radical (unpaired) electrons. The van der Waals surface area contributed by atoms with E-state index in [1.807, 2.05) is 0 Å². The first-order valence-electron chi connectivity index (χ1n) is 12.8. The fraction of sp³-hybridized carbons (Fsp3) is 0.926. The summed E-state index contributed by atoms with van der Waals surface area (Å²) in [5.41, 5.74) is 2.51. The molecule has 0 bridgehead atoms. The van der Waals surface area contributed by atoms with Gasteiger partial charge in [-0.2, -0.15) is 0 Å². The van der Waals surface area contributed by atoms with E-state index in [-0.39, 0.29) is 6.10 Å². The summed E-state index contributed by atoms with van der Waals surface area (Å²) in [6, 6.07) is 0. The molecule has 3 fully saturated rings. The number of hydrogen-bond acceptors (Lipinski definition) is 2. The zero-order chi connectivity index (χ0) is 20.8. The SMILES string of the molecule is C[C@@H](CO)CCC[C@@H](C)C1CCC2C3CC=C4C[C@@H](O)CC[C@]4(C)C3CC[C@@]21C. The van der Waals surface area contributed by atoms with Crippen molar-refractivity contribution in [3.05, 3.63) is 11.6 Å². The van der Waals surface area contributed by atoms with E-state index in [0.29, 0.717) is 23.4 Å². The van der Waals surface area contributed by atoms with Gasteiger partial charge in [0.15, 0.2) is 0 Å². The Balaban J connectivity index is 1.46. The lowest BCUT2D eigenvalue weighted by Crippen LogP contribution is -2.50. The summed E-state index contributed by atoms with van der Waals surface area (Å²) < 4.78 is 0. The van der Waals surface area contributed by atoms with Crippen LogP contribution in [0.4, 0.5) is 0 Å². The summed E-state index contributed by atoms with van der Waals surface area (Å²) in [5, 5.41) is 19.5. The van der Waals surface area contributed by atoms with Crippen molar-refractivity contribution in [1.82, 2.24) is 0 Å². The monoisotopic (exact) mass is 402 g/mol. The van der Waals surface area contributed by atoms with Crippen molar-refractivity contribution in [2.45, 2.75) is 104 Å². The van der Waals surface area contributed by atoms with Crippen LogP contribution in [-0.4, -0.2) is 22.9 Å². The highest BCUT2D eigenvalue weighted by Gasteiger charge is 2.59. The van der Waals surface area contributed by atoms with Crippen LogP contribution in [0.1, 0.15) is 98.3 Å². The maximum absolute atomic E-state index is 10.2. The third-order valence-corrected chi connectivity index (χ3v) is 10.5. The van der Waals surface area contributed by atoms with Crippen molar-refractivity contribution in [2.24, 2.45) is 46.3 Å². The molecule has 166 valence electrons. The normalized spacial score (nSPS) is 46.3. The Morgan fingerprint density at radius 1 is 1.03 bits per heavy atom. The van der Waals surface area contributed by atoms with Gasteiger partial charge in [0.1, 0.15) is 0 Å². The average Bonchev–Trinajstić information content (AvgIpc) is 3.05. The summed E-state index contributed by atoms with van der Waals surface area (Å²) in [6.07, 6.45) is 16.4. The third kappa shape index (κ3) is 3.75. The molecule has 0 aromatic heterocycles. The van der Waals surface area contributed by atoms with Crippen molar-refractivity contribution in [2.75, 3.05) is 6.61 Å². The van der Waals surface area contributed by atoms with Crippen LogP contribution in [0.2, 0.25) is 0 Å². The fourth-order valence-corrected chi connectivity index (χ4v) is 8.70. The molecule has 0 amide bonds. The standard InChI is InChI=1S/C27H46O2/c1-18(17-28)6-5-7-19(2)23-10-11-24-22-9-8-20-16-21(29)12-14-26(20,3)25(22)13-15-27(23,24)4/h8,18-19,21-25,28-29H,5-7,9-17H2,1-4H3/t18-,19-,21+,22?,23?,24?,25?,26+,27-/m1/s1. The molecule has 9 atom stereocenters. The predicted molar refractivity (Wildman–Crippen MR) is 120 cm³/mol. The molecular formula is C27H46O2. The van der Waals surface area contributed by atoms with Crippen LogP contribution in [-0.2, 0) is 0 Å². The second-order valence-electron chi connectivity index (χ2n) is 12.1. The molecule has 4 aliphatic rings. The third-order valence-electron chi connectivity index (χ3n) is 10.5. The van der Waals surface area contributed by atoms with Crippen LogP contribution in [0.25, 0.3) is 0 Å². The summed E-state index contributed by atoms with van der Waals surface area (Å²) >= 11 is 0. The second kappa shape index (κ2) is 8.30. The molecule has 0 saturated heterocycles. The first-order chi connectivity index (χ1) is 13.8. The molecule has 0 aromatic rings. The predicted octanol–water partition coefficient (Wildman–Crippen LogP) is 6.36. The molecule has 2 N–H and O–H groups in total. The maximum atomic E-state index is 10.2. The van der Waals surface area contributed by atoms with E-state index in [4.69, 9.17) is 0 Å². The minimum absolute atomic E-state index is 0.0926. The van der Waals surface area contributed by atoms with E-state index >= 15 is 0 Å². The highest BCUT2D eigenvalue weighted by atomic mass is 16.3. The van der Waals surface area contributed by atoms with E-state index in [1.54, 1.807) is 5.57 Å². The second-order valence-corrected chi connectivity index (χ2v) is 12.1. The van der Waals surface area contributed by atoms with Crippen LogP contribution in [0, 0.1) is 46.3 Å². The minimum atomic E-state index is -0.0926. The van der Waals surface area contributed by atoms with Crippen LogP contribution in [0.3, 0.4) is 0 Å². The van der Waals surface area contributed by atoms with Gasteiger partial charge < -0.3 is 10.2 Å². The van der Waals surface area contributed by atoms with Crippen LogP contribution >= 0.6 is 0 Å². The number of aliphatic hydroxyl groups excluding tert-OH is 2. The summed E-state index contributed by atoms with van der Waals surface area (Å²) in [6.45, 7) is 10.2. The molecule has 2 heteroatoms. The number of aliphatic hydroxyl groups is 2. The van der Waals surface area contributed by atoms with Gasteiger partial charge in [0.2, 0.25) is 0 Å². The lowest BCUT2D eigenvalue weighted by atomic mass is 9.47. The van der Waals surface area contributed by atoms with Crippen LogP contribution < -0.4 is 0 Å². The molecule has 29 heavy (non-hydrogen) atoms. The summed E-state index contributed by atoms with van der Waals surface area (Å²) in [4.78, 5) is 0. The van der Waals surface area contributed by atoms with E-state index in [0.717, 1.165) is 42.4 Å². The van der Waals surface area contributed by atoms with E-state index in [1.165, 1.54) is 57.8 Å². The summed E-state index contributed by atoms with van der Waals surface area (Å²) in [5.74, 6) is 4.82. The first kappa shape index (κ1) is 21.9. The summed E-state index contributed by atoms with van der Waals surface area (Å²) in [7, 11) is 0. The first-order valence-corrected chi connectivity index (χ1v) is 12.8. The Morgan fingerprint density at radius 3 is 2.59 bits per heavy atom. The average molecular weight is 403 g/mol. The molecule has 2 nitrogen and oxygen atoms in total. The number of allylic oxidation sites excluding steroid dienone is 1. The Hall–Kier alpha value is -0.340. The number of rotatable bonds is 6.